The van der Waals surface area contributed by atoms with Gasteiger partial charge in [0.15, 0.2) is 11.6 Å². The van der Waals surface area contributed by atoms with Crippen molar-refractivity contribution in [3.63, 3.8) is 0 Å². The molecule has 2 heterocycles. The van der Waals surface area contributed by atoms with E-state index in [1.165, 1.54) is 17.2 Å². The molecule has 0 aromatic carbocycles. The summed E-state index contributed by atoms with van der Waals surface area (Å²) in [4.78, 5) is 24.2. The zero-order valence-electron chi connectivity index (χ0n) is 10.6. The number of rotatable bonds is 4. The maximum absolute atomic E-state index is 14.0. The van der Waals surface area contributed by atoms with Crippen LogP contribution in [0.1, 0.15) is 16.2 Å². The van der Waals surface area contributed by atoms with Crippen molar-refractivity contribution in [2.24, 2.45) is 0 Å². The summed E-state index contributed by atoms with van der Waals surface area (Å²) in [6, 6.07) is 1.36. The Labute approximate surface area is 109 Å². The first-order valence-corrected chi connectivity index (χ1v) is 5.69. The average molecular weight is 263 g/mol. The van der Waals surface area contributed by atoms with Crippen LogP contribution in [0.3, 0.4) is 0 Å². The van der Waals surface area contributed by atoms with Crippen LogP contribution in [0.2, 0.25) is 0 Å². The number of H-pyrrole nitrogens is 1. The number of nitrogens with one attached hydrogen (secondary N) is 2. The summed E-state index contributed by atoms with van der Waals surface area (Å²) < 4.78 is 14.0. The molecule has 2 N–H and O–H groups in total. The van der Waals surface area contributed by atoms with Gasteiger partial charge < -0.3 is 15.2 Å². The first-order valence-electron chi connectivity index (χ1n) is 5.69. The Hall–Kier alpha value is -2.44. The van der Waals surface area contributed by atoms with Crippen LogP contribution in [-0.4, -0.2) is 39.9 Å². The van der Waals surface area contributed by atoms with E-state index in [0.717, 1.165) is 0 Å². The molecule has 0 spiro atoms. The first kappa shape index (κ1) is 13.0. The summed E-state index contributed by atoms with van der Waals surface area (Å²) in [5, 5.41) is 2.60. The van der Waals surface area contributed by atoms with Gasteiger partial charge in [0.25, 0.3) is 5.91 Å². The predicted octanol–water partition coefficient (Wildman–Crippen LogP) is 1.26. The van der Waals surface area contributed by atoms with E-state index in [-0.39, 0.29) is 17.9 Å². The number of hydrogen-bond acceptors (Lipinski definition) is 4. The van der Waals surface area contributed by atoms with E-state index in [4.69, 9.17) is 0 Å². The van der Waals surface area contributed by atoms with E-state index in [1.807, 2.05) is 0 Å². The van der Waals surface area contributed by atoms with Crippen molar-refractivity contribution in [1.82, 2.24) is 19.9 Å². The zero-order valence-corrected chi connectivity index (χ0v) is 10.6. The highest BCUT2D eigenvalue weighted by atomic mass is 19.1. The van der Waals surface area contributed by atoms with Crippen molar-refractivity contribution in [3.8, 4) is 0 Å². The topological polar surface area (TPSA) is 73.9 Å². The lowest BCUT2D eigenvalue weighted by atomic mass is 10.2. The minimum atomic E-state index is -0.652. The SMILES string of the molecule is CNc1nccc(C(=O)N(C)Cc2ncc[nH]2)c1F. The molecule has 2 aromatic rings. The van der Waals surface area contributed by atoms with Crippen LogP contribution in [0.4, 0.5) is 10.2 Å². The summed E-state index contributed by atoms with van der Waals surface area (Å²) in [6.45, 7) is 0.280. The van der Waals surface area contributed by atoms with E-state index < -0.39 is 11.7 Å². The smallest absolute Gasteiger partial charge is 0.257 e. The summed E-state index contributed by atoms with van der Waals surface area (Å²) in [5.74, 6) is -0.384. The quantitative estimate of drug-likeness (QED) is 0.871. The molecule has 2 rings (SSSR count). The van der Waals surface area contributed by atoms with Crippen molar-refractivity contribution < 1.29 is 9.18 Å². The maximum atomic E-state index is 14.0. The molecule has 0 bridgehead atoms. The summed E-state index contributed by atoms with van der Waals surface area (Å²) >= 11 is 0. The normalized spacial score (nSPS) is 10.3. The second kappa shape index (κ2) is 5.47. The molecule has 0 radical (unpaired) electrons. The fourth-order valence-electron chi connectivity index (χ4n) is 1.67. The van der Waals surface area contributed by atoms with Gasteiger partial charge in [-0.2, -0.15) is 0 Å². The minimum Gasteiger partial charge on any atom is -0.371 e. The molecule has 0 unspecified atom stereocenters. The number of aromatic nitrogens is 3. The Morgan fingerprint density at radius 2 is 2.26 bits per heavy atom. The molecule has 1 amide bonds. The van der Waals surface area contributed by atoms with Crippen LogP contribution in [0.15, 0.2) is 24.7 Å². The van der Waals surface area contributed by atoms with Gasteiger partial charge >= 0.3 is 0 Å². The third kappa shape index (κ3) is 2.70. The second-order valence-corrected chi connectivity index (χ2v) is 3.97. The van der Waals surface area contributed by atoms with Crippen LogP contribution in [0.5, 0.6) is 0 Å². The van der Waals surface area contributed by atoms with Crippen molar-refractivity contribution in [2.75, 3.05) is 19.4 Å². The number of carbonyl (C=O) groups excluding carboxylic acids is 1. The van der Waals surface area contributed by atoms with Gasteiger partial charge in [0.05, 0.1) is 12.1 Å². The van der Waals surface area contributed by atoms with Crippen molar-refractivity contribution in [2.45, 2.75) is 6.54 Å². The number of nitrogens with zero attached hydrogens (tertiary/aromatic N) is 3. The van der Waals surface area contributed by atoms with E-state index in [1.54, 1.807) is 26.5 Å². The number of carbonyl (C=O) groups is 1. The van der Waals surface area contributed by atoms with E-state index in [0.29, 0.717) is 5.82 Å². The number of halogens is 1. The fourth-order valence-corrected chi connectivity index (χ4v) is 1.67. The molecule has 2 aromatic heterocycles. The molecule has 100 valence electrons. The molecule has 0 atom stereocenters. The van der Waals surface area contributed by atoms with Gasteiger partial charge in [-0.05, 0) is 6.07 Å². The molecule has 0 saturated heterocycles. The minimum absolute atomic E-state index is 0.0200. The van der Waals surface area contributed by atoms with Crippen LogP contribution in [-0.2, 0) is 6.54 Å². The lowest BCUT2D eigenvalue weighted by Crippen LogP contribution is -2.27. The molecule has 0 fully saturated rings. The van der Waals surface area contributed by atoms with Crippen molar-refractivity contribution in [3.05, 3.63) is 41.9 Å². The Balaban J connectivity index is 2.19. The first-order chi connectivity index (χ1) is 9.13. The number of imidazole rings is 1. The fraction of sp³-hybridized carbons (Fsp3) is 0.250. The Bertz CT molecular complexity index is 570. The van der Waals surface area contributed by atoms with Gasteiger partial charge in [-0.3, -0.25) is 4.79 Å². The van der Waals surface area contributed by atoms with Gasteiger partial charge in [0.2, 0.25) is 0 Å². The number of amides is 1. The third-order valence-electron chi connectivity index (χ3n) is 2.64. The van der Waals surface area contributed by atoms with E-state index >= 15 is 0 Å². The summed E-state index contributed by atoms with van der Waals surface area (Å²) in [6.07, 6.45) is 4.66. The molecule has 7 heteroatoms. The van der Waals surface area contributed by atoms with Gasteiger partial charge in [0.1, 0.15) is 5.82 Å². The highest BCUT2D eigenvalue weighted by Crippen LogP contribution is 2.16. The summed E-state index contributed by atoms with van der Waals surface area (Å²) in [5.41, 5.74) is -0.0200. The number of anilines is 1. The van der Waals surface area contributed by atoms with E-state index in [9.17, 15) is 9.18 Å². The van der Waals surface area contributed by atoms with Gasteiger partial charge in [0, 0.05) is 32.7 Å². The predicted molar refractivity (Wildman–Crippen MR) is 68.1 cm³/mol. The Morgan fingerprint density at radius 3 is 2.89 bits per heavy atom. The summed E-state index contributed by atoms with van der Waals surface area (Å²) in [7, 11) is 3.13. The molecular weight excluding hydrogens is 249 g/mol. The standard InChI is InChI=1S/C12H14FN5O/c1-14-11-10(13)8(3-4-17-11)12(19)18(2)7-9-15-5-6-16-9/h3-6H,7H2,1-2H3,(H,14,17)(H,15,16). The lowest BCUT2D eigenvalue weighted by Gasteiger charge is -2.16. The number of pyridine rings is 1. The van der Waals surface area contributed by atoms with Crippen molar-refractivity contribution in [1.29, 1.82) is 0 Å². The molecule has 0 aliphatic rings. The molecule has 0 aliphatic carbocycles. The zero-order chi connectivity index (χ0) is 13.8. The molecule has 6 nitrogen and oxygen atoms in total. The second-order valence-electron chi connectivity index (χ2n) is 3.97. The molecule has 0 aliphatic heterocycles. The highest BCUT2D eigenvalue weighted by Gasteiger charge is 2.19. The largest absolute Gasteiger partial charge is 0.371 e. The van der Waals surface area contributed by atoms with Crippen LogP contribution >= 0.6 is 0 Å². The Kier molecular flexibility index (Phi) is 3.74. The molecular formula is C12H14FN5O. The van der Waals surface area contributed by atoms with Crippen LogP contribution in [0.25, 0.3) is 0 Å². The third-order valence-corrected chi connectivity index (χ3v) is 2.64. The monoisotopic (exact) mass is 263 g/mol. The van der Waals surface area contributed by atoms with Crippen LogP contribution in [0, 0.1) is 5.82 Å². The van der Waals surface area contributed by atoms with Crippen molar-refractivity contribution >= 4 is 11.7 Å². The lowest BCUT2D eigenvalue weighted by molar-refractivity contribution is 0.0777. The number of hydrogen-bond donors (Lipinski definition) is 2. The molecule has 0 saturated carbocycles. The van der Waals surface area contributed by atoms with Crippen LogP contribution < -0.4 is 5.32 Å². The van der Waals surface area contributed by atoms with E-state index in [2.05, 4.69) is 20.3 Å². The number of aromatic amines is 1. The van der Waals surface area contributed by atoms with Gasteiger partial charge in [-0.1, -0.05) is 0 Å². The average Bonchev–Trinajstić information content (AvgIpc) is 2.91. The molecule has 19 heavy (non-hydrogen) atoms. The highest BCUT2D eigenvalue weighted by molar-refractivity contribution is 5.95. The van der Waals surface area contributed by atoms with Gasteiger partial charge in [-0.15, -0.1) is 0 Å². The Morgan fingerprint density at radius 1 is 1.47 bits per heavy atom. The maximum Gasteiger partial charge on any atom is 0.257 e. The van der Waals surface area contributed by atoms with Gasteiger partial charge in [-0.25, -0.2) is 14.4 Å².